The second-order valence-corrected chi connectivity index (χ2v) is 5.16. The highest BCUT2D eigenvalue weighted by Crippen LogP contribution is 2.27. The maximum atomic E-state index is 11.9. The molecule has 1 saturated heterocycles. The standard InChI is InChI=1S/C12H16N2O2S/c1-16-10-4-2-3-9(5-10)14-7-11(6-13)17-8-12(14)15/h2-5,11H,6-8,13H2,1H3. The van der Waals surface area contributed by atoms with Crippen molar-refractivity contribution in [2.45, 2.75) is 5.25 Å². The van der Waals surface area contributed by atoms with Gasteiger partial charge in [0.25, 0.3) is 0 Å². The van der Waals surface area contributed by atoms with Crippen LogP contribution in [0.5, 0.6) is 5.75 Å². The zero-order valence-electron chi connectivity index (χ0n) is 9.76. The molecule has 2 N–H and O–H groups in total. The first kappa shape index (κ1) is 12.3. The Hall–Kier alpha value is -1.20. The molecule has 1 atom stereocenters. The van der Waals surface area contributed by atoms with Gasteiger partial charge in [-0.25, -0.2) is 0 Å². The fourth-order valence-electron chi connectivity index (χ4n) is 1.80. The van der Waals surface area contributed by atoms with Crippen molar-refractivity contribution in [2.24, 2.45) is 5.73 Å². The third kappa shape index (κ3) is 2.73. The molecular weight excluding hydrogens is 236 g/mol. The second kappa shape index (κ2) is 5.42. The summed E-state index contributed by atoms with van der Waals surface area (Å²) < 4.78 is 5.17. The zero-order chi connectivity index (χ0) is 12.3. The number of hydrogen-bond acceptors (Lipinski definition) is 4. The van der Waals surface area contributed by atoms with Gasteiger partial charge in [0.15, 0.2) is 0 Å². The van der Waals surface area contributed by atoms with Gasteiger partial charge in [0.1, 0.15) is 5.75 Å². The summed E-state index contributed by atoms with van der Waals surface area (Å²) in [5.41, 5.74) is 6.54. The van der Waals surface area contributed by atoms with E-state index in [2.05, 4.69) is 0 Å². The van der Waals surface area contributed by atoms with Gasteiger partial charge in [-0.2, -0.15) is 0 Å². The smallest absolute Gasteiger partial charge is 0.237 e. The molecular formula is C12H16N2O2S. The van der Waals surface area contributed by atoms with Gasteiger partial charge < -0.3 is 15.4 Å². The third-order valence-electron chi connectivity index (χ3n) is 2.76. The first-order chi connectivity index (χ1) is 8.24. The van der Waals surface area contributed by atoms with Crippen LogP contribution >= 0.6 is 11.8 Å². The Bertz CT molecular complexity index is 411. The summed E-state index contributed by atoms with van der Waals surface area (Å²) in [4.78, 5) is 13.7. The molecule has 1 aromatic rings. The third-order valence-corrected chi connectivity index (χ3v) is 3.98. The number of carbonyl (C=O) groups excluding carboxylic acids is 1. The fourth-order valence-corrected chi connectivity index (χ4v) is 2.72. The highest BCUT2D eigenvalue weighted by molar-refractivity contribution is 8.00. The number of amides is 1. The van der Waals surface area contributed by atoms with Crippen molar-refractivity contribution >= 4 is 23.4 Å². The molecule has 2 rings (SSSR count). The van der Waals surface area contributed by atoms with E-state index < -0.39 is 0 Å². The Morgan fingerprint density at radius 3 is 3.12 bits per heavy atom. The zero-order valence-corrected chi connectivity index (χ0v) is 10.6. The topological polar surface area (TPSA) is 55.6 Å². The van der Waals surface area contributed by atoms with Gasteiger partial charge in [-0.3, -0.25) is 4.79 Å². The van der Waals surface area contributed by atoms with Gasteiger partial charge in [-0.05, 0) is 12.1 Å². The van der Waals surface area contributed by atoms with Crippen LogP contribution in [0.3, 0.4) is 0 Å². The van der Waals surface area contributed by atoms with Crippen molar-refractivity contribution < 1.29 is 9.53 Å². The molecule has 0 aliphatic carbocycles. The molecule has 1 aliphatic heterocycles. The Morgan fingerprint density at radius 2 is 2.41 bits per heavy atom. The number of hydrogen-bond donors (Lipinski definition) is 1. The number of carbonyl (C=O) groups is 1. The number of rotatable bonds is 3. The molecule has 0 aromatic heterocycles. The van der Waals surface area contributed by atoms with Crippen LogP contribution in [0.25, 0.3) is 0 Å². The number of nitrogens with two attached hydrogens (primary N) is 1. The first-order valence-corrected chi connectivity index (χ1v) is 6.55. The lowest BCUT2D eigenvalue weighted by atomic mass is 10.2. The lowest BCUT2D eigenvalue weighted by Crippen LogP contribution is -2.45. The molecule has 0 radical (unpaired) electrons. The molecule has 1 unspecified atom stereocenters. The Labute approximate surface area is 105 Å². The van der Waals surface area contributed by atoms with E-state index in [9.17, 15) is 4.79 Å². The van der Waals surface area contributed by atoms with Gasteiger partial charge >= 0.3 is 0 Å². The monoisotopic (exact) mass is 252 g/mol. The number of thioether (sulfide) groups is 1. The fraction of sp³-hybridized carbons (Fsp3) is 0.417. The van der Waals surface area contributed by atoms with E-state index in [4.69, 9.17) is 10.5 Å². The van der Waals surface area contributed by atoms with E-state index >= 15 is 0 Å². The first-order valence-electron chi connectivity index (χ1n) is 5.50. The maximum absolute atomic E-state index is 11.9. The molecule has 1 fully saturated rings. The van der Waals surface area contributed by atoms with Crippen molar-refractivity contribution in [3.8, 4) is 5.75 Å². The van der Waals surface area contributed by atoms with Crippen molar-refractivity contribution in [1.29, 1.82) is 0 Å². The minimum absolute atomic E-state index is 0.132. The summed E-state index contributed by atoms with van der Waals surface area (Å²) >= 11 is 1.63. The van der Waals surface area contributed by atoms with Crippen molar-refractivity contribution in [2.75, 3.05) is 30.9 Å². The van der Waals surface area contributed by atoms with E-state index in [1.807, 2.05) is 24.3 Å². The summed E-state index contributed by atoms with van der Waals surface area (Å²) in [7, 11) is 1.62. The van der Waals surface area contributed by atoms with E-state index in [0.29, 0.717) is 24.1 Å². The van der Waals surface area contributed by atoms with E-state index in [-0.39, 0.29) is 5.91 Å². The SMILES string of the molecule is COc1cccc(N2CC(CN)SCC2=O)c1. The Kier molecular flexibility index (Phi) is 3.91. The average Bonchev–Trinajstić information content (AvgIpc) is 2.39. The van der Waals surface area contributed by atoms with E-state index in [0.717, 1.165) is 11.4 Å². The van der Waals surface area contributed by atoms with Gasteiger partial charge in [0.2, 0.25) is 5.91 Å². The molecule has 5 heteroatoms. The molecule has 0 spiro atoms. The lowest BCUT2D eigenvalue weighted by Gasteiger charge is -2.31. The van der Waals surface area contributed by atoms with Crippen LogP contribution < -0.4 is 15.4 Å². The number of nitrogens with zero attached hydrogens (tertiary/aromatic N) is 1. The van der Waals surface area contributed by atoms with Crippen molar-refractivity contribution in [1.82, 2.24) is 0 Å². The predicted octanol–water partition coefficient (Wildman–Crippen LogP) is 1.10. The number of methoxy groups -OCH3 is 1. The quantitative estimate of drug-likeness (QED) is 0.875. The molecule has 1 heterocycles. The molecule has 1 amide bonds. The van der Waals surface area contributed by atoms with Gasteiger partial charge in [0.05, 0.1) is 12.9 Å². The van der Waals surface area contributed by atoms with E-state index in [1.165, 1.54) is 0 Å². The summed E-state index contributed by atoms with van der Waals surface area (Å²) in [5.74, 6) is 1.39. The van der Waals surface area contributed by atoms with Crippen LogP contribution in [0.4, 0.5) is 5.69 Å². The highest BCUT2D eigenvalue weighted by atomic mass is 32.2. The normalized spacial score (nSPS) is 20.5. The van der Waals surface area contributed by atoms with Crippen LogP contribution in [0.2, 0.25) is 0 Å². The summed E-state index contributed by atoms with van der Waals surface area (Å²) in [6, 6.07) is 7.55. The molecule has 4 nitrogen and oxygen atoms in total. The predicted molar refractivity (Wildman–Crippen MR) is 70.6 cm³/mol. The molecule has 0 saturated carbocycles. The van der Waals surface area contributed by atoms with Crippen molar-refractivity contribution in [3.05, 3.63) is 24.3 Å². The molecule has 0 bridgehead atoms. The van der Waals surface area contributed by atoms with Crippen LogP contribution in [0.1, 0.15) is 0 Å². The minimum atomic E-state index is 0.132. The van der Waals surface area contributed by atoms with Gasteiger partial charge in [0, 0.05) is 30.1 Å². The Morgan fingerprint density at radius 1 is 1.59 bits per heavy atom. The molecule has 1 aliphatic rings. The molecule has 92 valence electrons. The van der Waals surface area contributed by atoms with E-state index in [1.54, 1.807) is 23.8 Å². The largest absolute Gasteiger partial charge is 0.497 e. The number of ether oxygens (including phenoxy) is 1. The minimum Gasteiger partial charge on any atom is -0.497 e. The van der Waals surface area contributed by atoms with Crippen LogP contribution in [-0.4, -0.2) is 37.1 Å². The molecule has 1 aromatic carbocycles. The maximum Gasteiger partial charge on any atom is 0.237 e. The number of anilines is 1. The van der Waals surface area contributed by atoms with Crippen molar-refractivity contribution in [3.63, 3.8) is 0 Å². The summed E-state index contributed by atoms with van der Waals surface area (Å²) in [6.07, 6.45) is 0. The number of benzene rings is 1. The Balaban J connectivity index is 2.21. The summed E-state index contributed by atoms with van der Waals surface area (Å²) in [5, 5.41) is 0.318. The highest BCUT2D eigenvalue weighted by Gasteiger charge is 2.26. The van der Waals surface area contributed by atoms with Crippen LogP contribution in [0, 0.1) is 0 Å². The van der Waals surface area contributed by atoms with Gasteiger partial charge in [-0.1, -0.05) is 6.07 Å². The average molecular weight is 252 g/mol. The van der Waals surface area contributed by atoms with Crippen LogP contribution in [-0.2, 0) is 4.79 Å². The van der Waals surface area contributed by atoms with Gasteiger partial charge in [-0.15, -0.1) is 11.8 Å². The van der Waals surface area contributed by atoms with Crippen LogP contribution in [0.15, 0.2) is 24.3 Å². The summed E-state index contributed by atoms with van der Waals surface area (Å²) in [6.45, 7) is 1.27. The second-order valence-electron chi connectivity index (χ2n) is 3.87. The lowest BCUT2D eigenvalue weighted by molar-refractivity contribution is -0.116. The molecule has 17 heavy (non-hydrogen) atoms.